The Kier molecular flexibility index (Phi) is 6.75. The highest BCUT2D eigenvalue weighted by Crippen LogP contribution is 2.34. The molecule has 1 atom stereocenters. The third-order valence-electron chi connectivity index (χ3n) is 3.95. The largest absolute Gasteiger partial charge is 0.495 e. The molecule has 0 bridgehead atoms. The first kappa shape index (κ1) is 20.2. The Labute approximate surface area is 156 Å². The van der Waals surface area contributed by atoms with E-state index in [2.05, 4.69) is 4.74 Å². The van der Waals surface area contributed by atoms with Crippen molar-refractivity contribution < 1.29 is 33.4 Å². The summed E-state index contributed by atoms with van der Waals surface area (Å²) in [7, 11) is 1.50. The summed E-state index contributed by atoms with van der Waals surface area (Å²) in [4.78, 5) is 48.7. The number of imide groups is 1. The maximum atomic E-state index is 12.3. The number of esters is 1. The Balaban J connectivity index is 1.95. The first-order chi connectivity index (χ1) is 12.8. The van der Waals surface area contributed by atoms with Crippen LogP contribution in [0.1, 0.15) is 18.9 Å². The number of carbonyl (C=O) groups is 4. The molecule has 1 aliphatic rings. The quantitative estimate of drug-likeness (QED) is 0.740. The Morgan fingerprint density at radius 3 is 2.67 bits per heavy atom. The van der Waals surface area contributed by atoms with E-state index in [4.69, 9.17) is 9.47 Å². The minimum atomic E-state index is -0.910. The molecule has 0 unspecified atom stereocenters. The summed E-state index contributed by atoms with van der Waals surface area (Å²) < 4.78 is 14.7. The average molecular weight is 378 g/mol. The molecular formula is C18H22N2O7. The number of anilines is 1. The number of rotatable bonds is 6. The lowest BCUT2D eigenvalue weighted by molar-refractivity contribution is -0.152. The van der Waals surface area contributed by atoms with Crippen molar-refractivity contribution in [1.82, 2.24) is 5.32 Å². The van der Waals surface area contributed by atoms with E-state index in [1.54, 1.807) is 19.1 Å². The molecule has 1 fully saturated rings. The average Bonchev–Trinajstić information content (AvgIpc) is 3.01. The summed E-state index contributed by atoms with van der Waals surface area (Å²) in [5.41, 5.74) is 1.53. The monoisotopic (exact) mass is 378 g/mol. The van der Waals surface area contributed by atoms with Gasteiger partial charge in [0, 0.05) is 13.0 Å². The van der Waals surface area contributed by atoms with E-state index in [1.807, 2.05) is 18.3 Å². The molecular weight excluding hydrogens is 356 g/mol. The van der Waals surface area contributed by atoms with Crippen LogP contribution in [0.25, 0.3) is 0 Å². The third-order valence-corrected chi connectivity index (χ3v) is 3.95. The SMILES string of the molecule is CCOC(=O)NC(=O)COC(=O)[C@@H]1CC(=O)N(c2cc(C)ccc2OC)C1. The first-order valence-corrected chi connectivity index (χ1v) is 8.44. The number of nitrogens with one attached hydrogen (secondary N) is 1. The minimum absolute atomic E-state index is 0.0323. The van der Waals surface area contributed by atoms with Crippen LogP contribution in [0.3, 0.4) is 0 Å². The normalized spacial score (nSPS) is 16.0. The molecule has 1 N–H and O–H groups in total. The fourth-order valence-electron chi connectivity index (χ4n) is 2.68. The zero-order valence-electron chi connectivity index (χ0n) is 15.4. The maximum Gasteiger partial charge on any atom is 0.413 e. The summed E-state index contributed by atoms with van der Waals surface area (Å²) in [6, 6.07) is 5.41. The molecule has 1 heterocycles. The zero-order chi connectivity index (χ0) is 20.0. The number of aryl methyl sites for hydroxylation is 1. The fourth-order valence-corrected chi connectivity index (χ4v) is 2.68. The van der Waals surface area contributed by atoms with Gasteiger partial charge in [0.25, 0.3) is 5.91 Å². The predicted molar refractivity (Wildman–Crippen MR) is 94.3 cm³/mol. The molecule has 2 rings (SSSR count). The van der Waals surface area contributed by atoms with Gasteiger partial charge in [0.1, 0.15) is 5.75 Å². The van der Waals surface area contributed by atoms with Crippen LogP contribution in [-0.2, 0) is 23.9 Å². The number of benzene rings is 1. The van der Waals surface area contributed by atoms with Gasteiger partial charge in [-0.3, -0.25) is 19.7 Å². The summed E-state index contributed by atoms with van der Waals surface area (Å²) in [5.74, 6) is -1.91. The van der Waals surface area contributed by atoms with Crippen LogP contribution in [-0.4, -0.2) is 50.7 Å². The molecule has 3 amide bonds. The van der Waals surface area contributed by atoms with Gasteiger partial charge in [-0.2, -0.15) is 0 Å². The Morgan fingerprint density at radius 1 is 1.26 bits per heavy atom. The van der Waals surface area contributed by atoms with Gasteiger partial charge in [-0.15, -0.1) is 0 Å². The van der Waals surface area contributed by atoms with E-state index in [-0.39, 0.29) is 25.5 Å². The molecule has 0 radical (unpaired) electrons. The van der Waals surface area contributed by atoms with Crippen LogP contribution in [0.5, 0.6) is 5.75 Å². The lowest BCUT2D eigenvalue weighted by Crippen LogP contribution is -2.35. The number of alkyl carbamates (subject to hydrolysis) is 1. The van der Waals surface area contributed by atoms with E-state index in [1.165, 1.54) is 12.0 Å². The van der Waals surface area contributed by atoms with Crippen molar-refractivity contribution in [3.05, 3.63) is 23.8 Å². The van der Waals surface area contributed by atoms with E-state index < -0.39 is 30.5 Å². The highest BCUT2D eigenvalue weighted by molar-refractivity contribution is 6.01. The second-order valence-corrected chi connectivity index (χ2v) is 5.96. The van der Waals surface area contributed by atoms with Crippen LogP contribution in [0, 0.1) is 12.8 Å². The molecule has 27 heavy (non-hydrogen) atoms. The molecule has 9 nitrogen and oxygen atoms in total. The van der Waals surface area contributed by atoms with Crippen molar-refractivity contribution in [2.45, 2.75) is 20.3 Å². The lowest BCUT2D eigenvalue weighted by Gasteiger charge is -2.20. The van der Waals surface area contributed by atoms with Gasteiger partial charge in [-0.1, -0.05) is 6.07 Å². The standard InChI is InChI=1S/C18H22N2O7/c1-4-26-18(24)19-15(21)10-27-17(23)12-8-16(22)20(9-12)13-7-11(2)5-6-14(13)25-3/h5-7,12H,4,8-10H2,1-3H3,(H,19,21,24)/t12-/m1/s1. The first-order valence-electron chi connectivity index (χ1n) is 8.44. The van der Waals surface area contributed by atoms with Gasteiger partial charge in [0.05, 0.1) is 25.3 Å². The van der Waals surface area contributed by atoms with Crippen LogP contribution < -0.4 is 15.0 Å². The predicted octanol–water partition coefficient (Wildman–Crippen LogP) is 1.17. The van der Waals surface area contributed by atoms with Gasteiger partial charge in [0.2, 0.25) is 5.91 Å². The molecule has 1 aromatic carbocycles. The maximum absolute atomic E-state index is 12.3. The summed E-state index contributed by atoms with van der Waals surface area (Å²) in [5, 5.41) is 1.92. The van der Waals surface area contributed by atoms with Crippen LogP contribution in [0.2, 0.25) is 0 Å². The highest BCUT2D eigenvalue weighted by atomic mass is 16.6. The van der Waals surface area contributed by atoms with Crippen LogP contribution >= 0.6 is 0 Å². The zero-order valence-corrected chi connectivity index (χ0v) is 15.4. The van der Waals surface area contributed by atoms with E-state index in [0.29, 0.717) is 11.4 Å². The number of nitrogens with zero attached hydrogens (tertiary/aromatic N) is 1. The van der Waals surface area contributed by atoms with Gasteiger partial charge in [-0.25, -0.2) is 4.79 Å². The third kappa shape index (κ3) is 5.19. The molecule has 146 valence electrons. The fraction of sp³-hybridized carbons (Fsp3) is 0.444. The Morgan fingerprint density at radius 2 is 2.00 bits per heavy atom. The van der Waals surface area contributed by atoms with E-state index >= 15 is 0 Å². The minimum Gasteiger partial charge on any atom is -0.495 e. The smallest absolute Gasteiger partial charge is 0.413 e. The number of hydrogen-bond donors (Lipinski definition) is 1. The molecule has 9 heteroatoms. The van der Waals surface area contributed by atoms with Crippen LogP contribution in [0.15, 0.2) is 18.2 Å². The van der Waals surface area contributed by atoms with E-state index in [0.717, 1.165) is 5.56 Å². The number of hydrogen-bond acceptors (Lipinski definition) is 7. The van der Waals surface area contributed by atoms with Crippen molar-refractivity contribution in [3.63, 3.8) is 0 Å². The molecule has 1 aliphatic heterocycles. The number of methoxy groups -OCH3 is 1. The summed E-state index contributed by atoms with van der Waals surface area (Å²) in [6.07, 6.45) is -0.942. The van der Waals surface area contributed by atoms with E-state index in [9.17, 15) is 19.2 Å². The second-order valence-electron chi connectivity index (χ2n) is 5.96. The number of carbonyl (C=O) groups excluding carboxylic acids is 4. The molecule has 1 saturated heterocycles. The van der Waals surface area contributed by atoms with Gasteiger partial charge in [0.15, 0.2) is 6.61 Å². The van der Waals surface area contributed by atoms with Crippen molar-refractivity contribution in [2.75, 3.05) is 31.8 Å². The second kappa shape index (κ2) is 9.02. The van der Waals surface area contributed by atoms with Gasteiger partial charge in [-0.05, 0) is 31.5 Å². The molecule has 0 aliphatic carbocycles. The van der Waals surface area contributed by atoms with Gasteiger partial charge < -0.3 is 19.1 Å². The van der Waals surface area contributed by atoms with Crippen molar-refractivity contribution >= 4 is 29.6 Å². The number of ether oxygens (including phenoxy) is 3. The molecule has 0 saturated carbocycles. The van der Waals surface area contributed by atoms with Gasteiger partial charge >= 0.3 is 12.1 Å². The van der Waals surface area contributed by atoms with Crippen molar-refractivity contribution in [3.8, 4) is 5.75 Å². The summed E-state index contributed by atoms with van der Waals surface area (Å²) >= 11 is 0. The lowest BCUT2D eigenvalue weighted by atomic mass is 10.1. The Bertz CT molecular complexity index is 747. The topological polar surface area (TPSA) is 111 Å². The Hall–Kier alpha value is -3.10. The summed E-state index contributed by atoms with van der Waals surface area (Å²) in [6.45, 7) is 3.09. The van der Waals surface area contributed by atoms with Crippen molar-refractivity contribution in [1.29, 1.82) is 0 Å². The molecule has 1 aromatic rings. The molecule has 0 aromatic heterocycles. The van der Waals surface area contributed by atoms with Crippen molar-refractivity contribution in [2.24, 2.45) is 5.92 Å². The van der Waals surface area contributed by atoms with Crippen LogP contribution in [0.4, 0.5) is 10.5 Å². The molecule has 0 spiro atoms. The highest BCUT2D eigenvalue weighted by Gasteiger charge is 2.37. The number of amides is 3.